The van der Waals surface area contributed by atoms with E-state index in [0.29, 0.717) is 11.8 Å². The number of nitrogens with zero attached hydrogens (tertiary/aromatic N) is 1. The Morgan fingerprint density at radius 2 is 1.71 bits per heavy atom. The molecule has 82 valence electrons. The lowest BCUT2D eigenvalue weighted by molar-refractivity contribution is 0.146. The molecule has 5 heteroatoms. The van der Waals surface area contributed by atoms with Gasteiger partial charge in [-0.1, -0.05) is 0 Å². The predicted molar refractivity (Wildman–Crippen MR) is 55.9 cm³/mol. The highest BCUT2D eigenvalue weighted by Crippen LogP contribution is 2.26. The van der Waals surface area contributed by atoms with Gasteiger partial charge in [0.2, 0.25) is 0 Å². The molecule has 1 amide bonds. The molecule has 2 rings (SSSR count). The summed E-state index contributed by atoms with van der Waals surface area (Å²) >= 11 is 0. The zero-order valence-electron chi connectivity index (χ0n) is 8.11. The van der Waals surface area contributed by atoms with Crippen molar-refractivity contribution in [2.45, 2.75) is 12.8 Å². The van der Waals surface area contributed by atoms with Crippen LogP contribution in [0.1, 0.15) is 12.8 Å². The van der Waals surface area contributed by atoms with Crippen molar-refractivity contribution in [1.29, 1.82) is 0 Å². The summed E-state index contributed by atoms with van der Waals surface area (Å²) in [5, 5.41) is 12.2. The van der Waals surface area contributed by atoms with E-state index < -0.39 is 6.09 Å². The van der Waals surface area contributed by atoms with Crippen LogP contribution in [-0.4, -0.2) is 42.3 Å². The second-order valence-electron chi connectivity index (χ2n) is 4.03. The van der Waals surface area contributed by atoms with Crippen LogP contribution >= 0.6 is 12.4 Å². The van der Waals surface area contributed by atoms with E-state index in [-0.39, 0.29) is 12.4 Å². The number of likely N-dealkylation sites (tertiary alicyclic amines) is 1. The van der Waals surface area contributed by atoms with Crippen LogP contribution in [0.4, 0.5) is 4.79 Å². The van der Waals surface area contributed by atoms with E-state index in [4.69, 9.17) is 5.11 Å². The molecule has 0 saturated carbocycles. The minimum atomic E-state index is -0.757. The monoisotopic (exact) mass is 220 g/mol. The molecule has 2 heterocycles. The molecule has 2 atom stereocenters. The van der Waals surface area contributed by atoms with E-state index in [9.17, 15) is 4.79 Å². The fourth-order valence-corrected chi connectivity index (χ4v) is 2.41. The van der Waals surface area contributed by atoms with Crippen LogP contribution in [0.5, 0.6) is 0 Å². The number of halogens is 1. The van der Waals surface area contributed by atoms with Gasteiger partial charge in [0.05, 0.1) is 0 Å². The Labute approximate surface area is 90.1 Å². The van der Waals surface area contributed by atoms with Gasteiger partial charge in [-0.25, -0.2) is 4.79 Å². The summed E-state index contributed by atoms with van der Waals surface area (Å²) in [6.45, 7) is 3.60. The van der Waals surface area contributed by atoms with E-state index in [2.05, 4.69) is 5.32 Å². The second-order valence-corrected chi connectivity index (χ2v) is 4.03. The lowest BCUT2D eigenvalue weighted by atomic mass is 9.92. The van der Waals surface area contributed by atoms with Crippen LogP contribution in [0.3, 0.4) is 0 Å². The molecule has 0 aromatic carbocycles. The number of hydrogen-bond acceptors (Lipinski definition) is 2. The molecule has 0 bridgehead atoms. The van der Waals surface area contributed by atoms with E-state index in [1.54, 1.807) is 4.90 Å². The predicted octanol–water partition coefficient (Wildman–Crippen LogP) is 1.02. The first kappa shape index (κ1) is 11.6. The molecule has 2 unspecified atom stereocenters. The number of carboxylic acid groups (broad SMARTS) is 1. The van der Waals surface area contributed by atoms with Gasteiger partial charge in [-0.3, -0.25) is 0 Å². The van der Waals surface area contributed by atoms with Crippen molar-refractivity contribution in [3.8, 4) is 0 Å². The van der Waals surface area contributed by atoms with Gasteiger partial charge in [0.15, 0.2) is 0 Å². The summed E-state index contributed by atoms with van der Waals surface area (Å²) in [5.74, 6) is 1.42. The van der Waals surface area contributed by atoms with Crippen molar-refractivity contribution >= 4 is 18.5 Å². The highest BCUT2D eigenvalue weighted by Gasteiger charge is 2.31. The summed E-state index contributed by atoms with van der Waals surface area (Å²) in [4.78, 5) is 12.3. The third kappa shape index (κ3) is 2.30. The Balaban J connectivity index is 0.000000980. The van der Waals surface area contributed by atoms with E-state index in [0.717, 1.165) is 39.0 Å². The standard InChI is InChI=1S/C9H16N2O2.ClH/c12-9(13)11-3-1-7-5-10-6-8(7)2-4-11;/h7-8,10H,1-6H2,(H,12,13);1H. The maximum absolute atomic E-state index is 10.7. The minimum absolute atomic E-state index is 0. The number of hydrogen-bond donors (Lipinski definition) is 2. The summed E-state index contributed by atoms with van der Waals surface area (Å²) in [5.41, 5.74) is 0. The largest absolute Gasteiger partial charge is 0.465 e. The molecule has 4 nitrogen and oxygen atoms in total. The zero-order valence-corrected chi connectivity index (χ0v) is 8.92. The molecular formula is C9H17ClN2O2. The molecule has 14 heavy (non-hydrogen) atoms. The van der Waals surface area contributed by atoms with E-state index in [1.165, 1.54) is 0 Å². The van der Waals surface area contributed by atoms with Crippen LogP contribution < -0.4 is 5.32 Å². The number of carbonyl (C=O) groups is 1. The number of fused-ring (bicyclic) bond motifs is 1. The van der Waals surface area contributed by atoms with Gasteiger partial charge in [0.1, 0.15) is 0 Å². The fraction of sp³-hybridized carbons (Fsp3) is 0.889. The van der Waals surface area contributed by atoms with E-state index >= 15 is 0 Å². The fourth-order valence-electron chi connectivity index (χ4n) is 2.41. The first-order valence-electron chi connectivity index (χ1n) is 4.96. The van der Waals surface area contributed by atoms with Gasteiger partial charge >= 0.3 is 6.09 Å². The molecule has 2 fully saturated rings. The van der Waals surface area contributed by atoms with Crippen LogP contribution in [0.2, 0.25) is 0 Å². The Hall–Kier alpha value is -0.480. The van der Waals surface area contributed by atoms with Crippen LogP contribution in [-0.2, 0) is 0 Å². The topological polar surface area (TPSA) is 52.6 Å². The Bertz CT molecular complexity index is 199. The summed E-state index contributed by atoms with van der Waals surface area (Å²) in [7, 11) is 0. The molecular weight excluding hydrogens is 204 g/mol. The Morgan fingerprint density at radius 1 is 1.21 bits per heavy atom. The summed E-state index contributed by atoms with van der Waals surface area (Å²) < 4.78 is 0. The van der Waals surface area contributed by atoms with Gasteiger partial charge in [-0.05, 0) is 37.8 Å². The molecule has 2 N–H and O–H groups in total. The van der Waals surface area contributed by atoms with Crippen LogP contribution in [0, 0.1) is 11.8 Å². The molecule has 0 aromatic rings. The Kier molecular flexibility index (Phi) is 4.01. The van der Waals surface area contributed by atoms with Crippen molar-refractivity contribution in [3.63, 3.8) is 0 Å². The summed E-state index contributed by atoms with van der Waals surface area (Å²) in [6, 6.07) is 0. The van der Waals surface area contributed by atoms with Crippen LogP contribution in [0.15, 0.2) is 0 Å². The smallest absolute Gasteiger partial charge is 0.407 e. The third-order valence-electron chi connectivity index (χ3n) is 3.29. The molecule has 2 aliphatic heterocycles. The molecule has 0 aromatic heterocycles. The van der Waals surface area contributed by atoms with Crippen molar-refractivity contribution in [2.24, 2.45) is 11.8 Å². The first-order chi connectivity index (χ1) is 6.27. The molecule has 0 spiro atoms. The van der Waals surface area contributed by atoms with Gasteiger partial charge < -0.3 is 15.3 Å². The molecule has 0 aliphatic carbocycles. The number of nitrogens with one attached hydrogen (secondary N) is 1. The minimum Gasteiger partial charge on any atom is -0.465 e. The average molecular weight is 221 g/mol. The van der Waals surface area contributed by atoms with Crippen molar-refractivity contribution < 1.29 is 9.90 Å². The maximum atomic E-state index is 10.7. The van der Waals surface area contributed by atoms with Crippen molar-refractivity contribution in [3.05, 3.63) is 0 Å². The zero-order chi connectivity index (χ0) is 9.26. The van der Waals surface area contributed by atoms with Crippen LogP contribution in [0.25, 0.3) is 0 Å². The Morgan fingerprint density at radius 3 is 2.14 bits per heavy atom. The lowest BCUT2D eigenvalue weighted by Gasteiger charge is -2.16. The maximum Gasteiger partial charge on any atom is 0.407 e. The normalized spacial score (nSPS) is 31.6. The second kappa shape index (κ2) is 4.84. The van der Waals surface area contributed by atoms with Gasteiger partial charge in [0.25, 0.3) is 0 Å². The SMILES string of the molecule is Cl.O=C(O)N1CCC2CNCC2CC1. The molecule has 0 radical (unpaired) electrons. The lowest BCUT2D eigenvalue weighted by Crippen LogP contribution is -2.31. The van der Waals surface area contributed by atoms with Gasteiger partial charge in [0, 0.05) is 13.1 Å². The van der Waals surface area contributed by atoms with Crippen molar-refractivity contribution in [2.75, 3.05) is 26.2 Å². The number of rotatable bonds is 0. The highest BCUT2D eigenvalue weighted by molar-refractivity contribution is 5.85. The van der Waals surface area contributed by atoms with Crippen molar-refractivity contribution in [1.82, 2.24) is 10.2 Å². The molecule has 2 aliphatic rings. The van der Waals surface area contributed by atoms with E-state index in [1.807, 2.05) is 0 Å². The van der Waals surface area contributed by atoms with Gasteiger partial charge in [-0.2, -0.15) is 0 Å². The summed E-state index contributed by atoms with van der Waals surface area (Å²) in [6.07, 6.45) is 1.31. The average Bonchev–Trinajstić information content (AvgIpc) is 2.44. The third-order valence-corrected chi connectivity index (χ3v) is 3.29. The number of amides is 1. The highest BCUT2D eigenvalue weighted by atomic mass is 35.5. The quantitative estimate of drug-likeness (QED) is 0.641. The van der Waals surface area contributed by atoms with Gasteiger partial charge in [-0.15, -0.1) is 12.4 Å². The molecule has 2 saturated heterocycles. The first-order valence-corrected chi connectivity index (χ1v) is 4.96.